The predicted octanol–water partition coefficient (Wildman–Crippen LogP) is 6.04. The highest BCUT2D eigenvalue weighted by Gasteiger charge is 2.42. The first-order valence-electron chi connectivity index (χ1n) is 9.78. The fourth-order valence-electron chi connectivity index (χ4n) is 4.61. The van der Waals surface area contributed by atoms with Crippen LogP contribution in [0.25, 0.3) is 0 Å². The molecule has 2 fully saturated rings. The molecular formula is C22H23Cl3N2O2. The third kappa shape index (κ3) is 4.51. The van der Waals surface area contributed by atoms with E-state index in [1.807, 2.05) is 18.2 Å². The average Bonchev–Trinajstić information content (AvgIpc) is 2.92. The van der Waals surface area contributed by atoms with Gasteiger partial charge in [-0.1, -0.05) is 40.9 Å². The Morgan fingerprint density at radius 1 is 1.07 bits per heavy atom. The van der Waals surface area contributed by atoms with Crippen molar-refractivity contribution in [1.29, 1.82) is 0 Å². The second kappa shape index (κ2) is 8.73. The van der Waals surface area contributed by atoms with E-state index in [0.29, 0.717) is 38.6 Å². The molecule has 2 aliphatic heterocycles. The fourth-order valence-corrected chi connectivity index (χ4v) is 5.10. The Bertz CT molecular complexity index is 907. The molecule has 2 atom stereocenters. The minimum Gasteiger partial charge on any atom is -0.495 e. The van der Waals surface area contributed by atoms with Crippen molar-refractivity contribution in [2.45, 2.75) is 44.3 Å². The molecule has 2 aromatic carbocycles. The van der Waals surface area contributed by atoms with Crippen LogP contribution in [-0.4, -0.2) is 30.0 Å². The Labute approximate surface area is 186 Å². The van der Waals surface area contributed by atoms with Gasteiger partial charge in [0.15, 0.2) is 0 Å². The number of anilines is 1. The van der Waals surface area contributed by atoms with Gasteiger partial charge in [0.2, 0.25) is 5.91 Å². The normalized spacial score (nSPS) is 23.8. The highest BCUT2D eigenvalue weighted by atomic mass is 35.5. The lowest BCUT2D eigenvalue weighted by molar-refractivity contribution is -0.122. The zero-order valence-corrected chi connectivity index (χ0v) is 18.4. The summed E-state index contributed by atoms with van der Waals surface area (Å²) < 4.78 is 5.34. The molecule has 1 amide bonds. The molecule has 2 unspecified atom stereocenters. The van der Waals surface area contributed by atoms with Crippen LogP contribution in [0.5, 0.6) is 5.75 Å². The number of benzene rings is 2. The smallest absolute Gasteiger partial charge is 0.227 e. The summed E-state index contributed by atoms with van der Waals surface area (Å²) in [7, 11) is 1.58. The second-order valence-electron chi connectivity index (χ2n) is 7.81. The monoisotopic (exact) mass is 452 g/mol. The number of ether oxygens (including phenoxy) is 1. The highest BCUT2D eigenvalue weighted by molar-refractivity contribution is 6.42. The number of fused-ring (bicyclic) bond motifs is 2. The van der Waals surface area contributed by atoms with Crippen molar-refractivity contribution < 1.29 is 9.53 Å². The van der Waals surface area contributed by atoms with E-state index >= 15 is 0 Å². The summed E-state index contributed by atoms with van der Waals surface area (Å²) in [6, 6.07) is 11.9. The molecule has 2 heterocycles. The molecule has 0 radical (unpaired) electrons. The Hall–Kier alpha value is -1.46. The number of nitrogens with zero attached hydrogens (tertiary/aromatic N) is 1. The molecule has 4 rings (SSSR count). The molecule has 4 nitrogen and oxygen atoms in total. The lowest BCUT2D eigenvalue weighted by Gasteiger charge is -2.38. The van der Waals surface area contributed by atoms with Crippen molar-refractivity contribution in [3.8, 4) is 5.75 Å². The number of hydrogen-bond donors (Lipinski definition) is 1. The van der Waals surface area contributed by atoms with Crippen molar-refractivity contribution in [3.63, 3.8) is 0 Å². The molecule has 0 aromatic heterocycles. The van der Waals surface area contributed by atoms with Gasteiger partial charge in [0.25, 0.3) is 0 Å². The van der Waals surface area contributed by atoms with E-state index in [4.69, 9.17) is 39.5 Å². The van der Waals surface area contributed by atoms with Gasteiger partial charge in [0, 0.05) is 29.6 Å². The SMILES string of the molecule is COc1ccc(Cl)cc1NC(=O)C1CC2CCC(C1)N2Cc1ccc(Cl)c(Cl)c1. The molecule has 2 aliphatic rings. The van der Waals surface area contributed by atoms with E-state index in [2.05, 4.69) is 10.2 Å². The molecule has 0 spiro atoms. The lowest BCUT2D eigenvalue weighted by Crippen LogP contribution is -2.45. The Kier molecular flexibility index (Phi) is 6.26. The first-order chi connectivity index (χ1) is 13.9. The molecule has 0 saturated carbocycles. The lowest BCUT2D eigenvalue weighted by atomic mass is 9.89. The molecular weight excluding hydrogens is 431 g/mol. The quantitative estimate of drug-likeness (QED) is 0.600. The highest BCUT2D eigenvalue weighted by Crippen LogP contribution is 2.41. The number of amides is 1. The molecule has 0 aliphatic carbocycles. The molecule has 2 bridgehead atoms. The Balaban J connectivity index is 1.42. The maximum absolute atomic E-state index is 13.0. The van der Waals surface area contributed by atoms with Crippen LogP contribution in [0.1, 0.15) is 31.2 Å². The van der Waals surface area contributed by atoms with Crippen LogP contribution >= 0.6 is 34.8 Å². The van der Waals surface area contributed by atoms with Crippen LogP contribution in [0.15, 0.2) is 36.4 Å². The summed E-state index contributed by atoms with van der Waals surface area (Å²) in [5.41, 5.74) is 1.78. The van der Waals surface area contributed by atoms with Crippen LogP contribution in [-0.2, 0) is 11.3 Å². The zero-order chi connectivity index (χ0) is 20.5. The van der Waals surface area contributed by atoms with Crippen molar-refractivity contribution in [2.24, 2.45) is 5.92 Å². The van der Waals surface area contributed by atoms with Crippen LogP contribution < -0.4 is 10.1 Å². The molecule has 7 heteroatoms. The van der Waals surface area contributed by atoms with Gasteiger partial charge in [-0.25, -0.2) is 0 Å². The number of halogens is 3. The minimum atomic E-state index is -0.0127. The number of carbonyl (C=O) groups excluding carboxylic acids is 1. The molecule has 154 valence electrons. The van der Waals surface area contributed by atoms with Gasteiger partial charge in [-0.3, -0.25) is 9.69 Å². The van der Waals surface area contributed by atoms with E-state index in [1.165, 1.54) is 0 Å². The first kappa shape index (κ1) is 20.8. The van der Waals surface area contributed by atoms with Crippen molar-refractivity contribution in [2.75, 3.05) is 12.4 Å². The largest absolute Gasteiger partial charge is 0.495 e. The molecule has 2 saturated heterocycles. The number of rotatable bonds is 5. The Morgan fingerprint density at radius 3 is 2.45 bits per heavy atom. The van der Waals surface area contributed by atoms with Crippen LogP contribution in [0.2, 0.25) is 15.1 Å². The number of hydrogen-bond acceptors (Lipinski definition) is 3. The van der Waals surface area contributed by atoms with Crippen molar-refractivity contribution in [3.05, 3.63) is 57.0 Å². The van der Waals surface area contributed by atoms with Gasteiger partial charge < -0.3 is 10.1 Å². The maximum atomic E-state index is 13.0. The second-order valence-corrected chi connectivity index (χ2v) is 9.06. The van der Waals surface area contributed by atoms with Crippen LogP contribution in [0.4, 0.5) is 5.69 Å². The van der Waals surface area contributed by atoms with Crippen molar-refractivity contribution >= 4 is 46.4 Å². The number of nitrogens with one attached hydrogen (secondary N) is 1. The predicted molar refractivity (Wildman–Crippen MR) is 118 cm³/mol. The van der Waals surface area contributed by atoms with Gasteiger partial charge in [-0.2, -0.15) is 0 Å². The summed E-state index contributed by atoms with van der Waals surface area (Å²) in [5.74, 6) is 0.640. The van der Waals surface area contributed by atoms with E-state index < -0.39 is 0 Å². The molecule has 1 N–H and O–H groups in total. The van der Waals surface area contributed by atoms with Crippen LogP contribution in [0, 0.1) is 5.92 Å². The van der Waals surface area contributed by atoms with E-state index in [9.17, 15) is 4.79 Å². The van der Waals surface area contributed by atoms with Crippen molar-refractivity contribution in [1.82, 2.24) is 4.90 Å². The summed E-state index contributed by atoms with van der Waals surface area (Å²) >= 11 is 18.3. The number of piperidine rings is 1. The summed E-state index contributed by atoms with van der Waals surface area (Å²) in [6.07, 6.45) is 3.95. The fraction of sp³-hybridized carbons (Fsp3) is 0.409. The van der Waals surface area contributed by atoms with E-state index in [-0.39, 0.29) is 11.8 Å². The summed E-state index contributed by atoms with van der Waals surface area (Å²) in [6.45, 7) is 0.836. The third-order valence-electron chi connectivity index (χ3n) is 6.02. The standard InChI is InChI=1S/C22H23Cl3N2O2/c1-29-21-7-3-15(23)11-20(21)26-22(28)14-9-16-4-5-17(10-14)27(16)12-13-2-6-18(24)19(25)8-13/h2-3,6-8,11,14,16-17H,4-5,9-10,12H2,1H3,(H,26,28). The molecule has 29 heavy (non-hydrogen) atoms. The zero-order valence-electron chi connectivity index (χ0n) is 16.1. The minimum absolute atomic E-state index is 0.0127. The topological polar surface area (TPSA) is 41.6 Å². The molecule has 2 aromatic rings. The third-order valence-corrected chi connectivity index (χ3v) is 7.00. The van der Waals surface area contributed by atoms with E-state index in [0.717, 1.165) is 37.8 Å². The summed E-state index contributed by atoms with van der Waals surface area (Å²) in [5, 5.41) is 4.75. The average molecular weight is 454 g/mol. The van der Waals surface area contributed by atoms with Crippen LogP contribution in [0.3, 0.4) is 0 Å². The Morgan fingerprint density at radius 2 is 1.79 bits per heavy atom. The van der Waals surface area contributed by atoms with Gasteiger partial charge in [0.1, 0.15) is 5.75 Å². The first-order valence-corrected chi connectivity index (χ1v) is 10.9. The van der Waals surface area contributed by atoms with E-state index in [1.54, 1.807) is 25.3 Å². The number of carbonyl (C=O) groups is 1. The van der Waals surface area contributed by atoms with Gasteiger partial charge in [0.05, 0.1) is 22.8 Å². The van der Waals surface area contributed by atoms with Gasteiger partial charge >= 0.3 is 0 Å². The number of methoxy groups -OCH3 is 1. The maximum Gasteiger partial charge on any atom is 0.227 e. The summed E-state index contributed by atoms with van der Waals surface area (Å²) in [4.78, 5) is 15.5. The van der Waals surface area contributed by atoms with Gasteiger partial charge in [-0.15, -0.1) is 0 Å². The van der Waals surface area contributed by atoms with Gasteiger partial charge in [-0.05, 0) is 61.6 Å².